The molecule has 0 spiro atoms. The van der Waals surface area contributed by atoms with Crippen molar-refractivity contribution in [3.05, 3.63) is 53.3 Å². The first-order valence-corrected chi connectivity index (χ1v) is 10.0. The molecule has 1 atom stereocenters. The predicted octanol–water partition coefficient (Wildman–Crippen LogP) is 3.57. The average Bonchev–Trinajstić information content (AvgIpc) is 2.74. The van der Waals surface area contributed by atoms with Crippen molar-refractivity contribution in [2.75, 3.05) is 31.7 Å². The summed E-state index contributed by atoms with van der Waals surface area (Å²) >= 11 is 0. The number of nitrogens with one attached hydrogen (secondary N) is 1. The fraction of sp³-hybridized carbons (Fsp3) is 0.391. The topological polar surface area (TPSA) is 74.6 Å². The Hall–Kier alpha value is -3.27. The van der Waals surface area contributed by atoms with Crippen LogP contribution < -0.4 is 19.7 Å². The van der Waals surface area contributed by atoms with E-state index in [1.54, 1.807) is 19.2 Å². The number of piperidine rings is 1. The lowest BCUT2D eigenvalue weighted by molar-refractivity contribution is -0.122. The molecule has 3 rings (SSSR count). The summed E-state index contributed by atoms with van der Waals surface area (Å²) < 4.78 is 25.3. The molecule has 2 aromatic carbocycles. The number of halogens is 1. The molecule has 1 N–H and O–H groups in total. The van der Waals surface area contributed by atoms with Crippen molar-refractivity contribution in [1.29, 1.82) is 5.26 Å². The van der Waals surface area contributed by atoms with Gasteiger partial charge in [-0.05, 0) is 55.7 Å². The third-order valence-corrected chi connectivity index (χ3v) is 5.11. The largest absolute Gasteiger partial charge is 0.493 e. The van der Waals surface area contributed by atoms with Crippen LogP contribution in [0.15, 0.2) is 36.4 Å². The van der Waals surface area contributed by atoms with E-state index in [0.29, 0.717) is 35.8 Å². The van der Waals surface area contributed by atoms with E-state index in [2.05, 4.69) is 5.32 Å². The second-order valence-electron chi connectivity index (χ2n) is 7.38. The number of ether oxygens (including phenoxy) is 2. The molecule has 0 aromatic heterocycles. The first kappa shape index (κ1) is 21.4. The highest BCUT2D eigenvalue weighted by Crippen LogP contribution is 2.28. The fourth-order valence-electron chi connectivity index (χ4n) is 3.59. The van der Waals surface area contributed by atoms with Crippen LogP contribution >= 0.6 is 0 Å². The van der Waals surface area contributed by atoms with Gasteiger partial charge in [-0.25, -0.2) is 4.39 Å². The highest BCUT2D eigenvalue weighted by Gasteiger charge is 2.23. The van der Waals surface area contributed by atoms with E-state index in [0.717, 1.165) is 18.4 Å². The van der Waals surface area contributed by atoms with Crippen LogP contribution in [-0.2, 0) is 4.79 Å². The molecule has 2 aromatic rings. The van der Waals surface area contributed by atoms with Gasteiger partial charge in [0.2, 0.25) is 5.91 Å². The van der Waals surface area contributed by atoms with Crippen molar-refractivity contribution in [1.82, 2.24) is 5.32 Å². The van der Waals surface area contributed by atoms with Crippen LogP contribution in [0, 0.1) is 24.1 Å². The molecule has 1 unspecified atom stereocenters. The first-order chi connectivity index (χ1) is 14.5. The van der Waals surface area contributed by atoms with Gasteiger partial charge in [-0.2, -0.15) is 5.26 Å². The molecule has 6 nitrogen and oxygen atoms in total. The lowest BCUT2D eigenvalue weighted by Gasteiger charge is -2.35. The fourth-order valence-corrected chi connectivity index (χ4v) is 3.59. The number of carbonyl (C=O) groups is 1. The van der Waals surface area contributed by atoms with E-state index < -0.39 is 5.82 Å². The minimum Gasteiger partial charge on any atom is -0.493 e. The zero-order valence-corrected chi connectivity index (χ0v) is 17.3. The van der Waals surface area contributed by atoms with Crippen LogP contribution in [0.3, 0.4) is 0 Å². The van der Waals surface area contributed by atoms with Gasteiger partial charge in [-0.3, -0.25) is 4.79 Å². The van der Waals surface area contributed by atoms with E-state index in [-0.39, 0.29) is 25.0 Å². The van der Waals surface area contributed by atoms with Crippen LogP contribution in [0.4, 0.5) is 10.1 Å². The minimum atomic E-state index is -0.415. The average molecular weight is 411 g/mol. The number of amides is 1. The van der Waals surface area contributed by atoms with Gasteiger partial charge in [-0.1, -0.05) is 6.07 Å². The molecule has 0 radical (unpaired) electrons. The summed E-state index contributed by atoms with van der Waals surface area (Å²) in [7, 11) is 1.58. The maximum atomic E-state index is 14.3. The molecule has 0 aliphatic carbocycles. The van der Waals surface area contributed by atoms with Crippen LogP contribution in [0.25, 0.3) is 0 Å². The van der Waals surface area contributed by atoms with Crippen molar-refractivity contribution in [2.24, 2.45) is 0 Å². The van der Waals surface area contributed by atoms with Crippen LogP contribution in [0.5, 0.6) is 11.5 Å². The predicted molar refractivity (Wildman–Crippen MR) is 112 cm³/mol. The monoisotopic (exact) mass is 411 g/mol. The lowest BCUT2D eigenvalue weighted by Crippen LogP contribution is -2.48. The van der Waals surface area contributed by atoms with Gasteiger partial charge < -0.3 is 19.7 Å². The molecule has 1 fully saturated rings. The number of nitriles is 1. The SMILES string of the molecule is COc1cc(C)ccc1OCCC(=O)NC1CCCN(c2ccc(C#N)cc2F)C1. The summed E-state index contributed by atoms with van der Waals surface area (Å²) in [5.41, 5.74) is 1.82. The molecular weight excluding hydrogens is 385 g/mol. The molecule has 30 heavy (non-hydrogen) atoms. The summed E-state index contributed by atoms with van der Waals surface area (Å²) in [6.07, 6.45) is 1.91. The highest BCUT2D eigenvalue weighted by molar-refractivity contribution is 5.76. The molecule has 1 saturated heterocycles. The number of nitrogens with zero attached hydrogens (tertiary/aromatic N) is 2. The Balaban J connectivity index is 1.50. The van der Waals surface area contributed by atoms with Gasteiger partial charge in [0.25, 0.3) is 0 Å². The summed E-state index contributed by atoms with van der Waals surface area (Å²) in [6.45, 7) is 3.45. The standard InChI is InChI=1S/C23H26FN3O3/c1-16-5-8-21(22(12-16)29-2)30-11-9-23(28)26-18-4-3-10-27(15-18)20-7-6-17(14-25)13-19(20)24/h5-8,12-13,18H,3-4,9-11,15H2,1-2H3,(H,26,28). The van der Waals surface area contributed by atoms with E-state index in [9.17, 15) is 9.18 Å². The van der Waals surface area contributed by atoms with Gasteiger partial charge in [0, 0.05) is 19.1 Å². The van der Waals surface area contributed by atoms with Crippen LogP contribution in [0.1, 0.15) is 30.4 Å². The second kappa shape index (κ2) is 9.97. The molecule has 1 heterocycles. The number of carbonyl (C=O) groups excluding carboxylic acids is 1. The number of hydrogen-bond acceptors (Lipinski definition) is 5. The maximum Gasteiger partial charge on any atom is 0.223 e. The normalized spacial score (nSPS) is 15.9. The highest BCUT2D eigenvalue weighted by atomic mass is 19.1. The Kier molecular flexibility index (Phi) is 7.12. The number of rotatable bonds is 7. The third-order valence-electron chi connectivity index (χ3n) is 5.11. The molecular formula is C23H26FN3O3. The van der Waals surface area contributed by atoms with Gasteiger partial charge in [0.05, 0.1) is 37.5 Å². The molecule has 1 amide bonds. The zero-order valence-electron chi connectivity index (χ0n) is 17.3. The van der Waals surface area contributed by atoms with E-state index in [1.807, 2.05) is 36.1 Å². The Morgan fingerprint density at radius 2 is 2.13 bits per heavy atom. The van der Waals surface area contributed by atoms with Gasteiger partial charge in [0.15, 0.2) is 11.5 Å². The quantitative estimate of drug-likeness (QED) is 0.754. The summed E-state index contributed by atoms with van der Waals surface area (Å²) in [6, 6.07) is 12.0. The van der Waals surface area contributed by atoms with Crippen LogP contribution in [0.2, 0.25) is 0 Å². The summed E-state index contributed by atoms with van der Waals surface area (Å²) in [4.78, 5) is 14.3. The van der Waals surface area contributed by atoms with Crippen molar-refractivity contribution < 1.29 is 18.7 Å². The van der Waals surface area contributed by atoms with Crippen molar-refractivity contribution in [2.45, 2.75) is 32.2 Å². The number of anilines is 1. The molecule has 0 saturated carbocycles. The Morgan fingerprint density at radius 3 is 2.87 bits per heavy atom. The molecule has 0 bridgehead atoms. The third kappa shape index (κ3) is 5.41. The molecule has 1 aliphatic rings. The second-order valence-corrected chi connectivity index (χ2v) is 7.38. The van der Waals surface area contributed by atoms with Crippen molar-refractivity contribution in [3.63, 3.8) is 0 Å². The summed E-state index contributed by atoms with van der Waals surface area (Å²) in [5, 5.41) is 11.9. The minimum absolute atomic E-state index is 0.0600. The Bertz CT molecular complexity index is 942. The van der Waals surface area contributed by atoms with Gasteiger partial charge in [-0.15, -0.1) is 0 Å². The number of methoxy groups -OCH3 is 1. The number of benzene rings is 2. The molecule has 1 aliphatic heterocycles. The van der Waals surface area contributed by atoms with Gasteiger partial charge >= 0.3 is 0 Å². The van der Waals surface area contributed by atoms with E-state index in [1.165, 1.54) is 6.07 Å². The zero-order chi connectivity index (χ0) is 21.5. The first-order valence-electron chi connectivity index (χ1n) is 10.0. The lowest BCUT2D eigenvalue weighted by atomic mass is 10.0. The molecule has 158 valence electrons. The van der Waals surface area contributed by atoms with E-state index >= 15 is 0 Å². The maximum absolute atomic E-state index is 14.3. The molecule has 7 heteroatoms. The van der Waals surface area contributed by atoms with Crippen molar-refractivity contribution in [3.8, 4) is 17.6 Å². The smallest absolute Gasteiger partial charge is 0.223 e. The van der Waals surface area contributed by atoms with Crippen LogP contribution in [-0.4, -0.2) is 38.8 Å². The van der Waals surface area contributed by atoms with Crippen molar-refractivity contribution >= 4 is 11.6 Å². The van der Waals surface area contributed by atoms with E-state index in [4.69, 9.17) is 14.7 Å². The number of aryl methyl sites for hydroxylation is 1. The summed E-state index contributed by atoms with van der Waals surface area (Å²) in [5.74, 6) is 0.730. The Morgan fingerprint density at radius 1 is 1.30 bits per heavy atom. The number of hydrogen-bond donors (Lipinski definition) is 1. The Labute approximate surface area is 176 Å². The van der Waals surface area contributed by atoms with Gasteiger partial charge in [0.1, 0.15) is 5.82 Å².